The monoisotopic (exact) mass is 542 g/mol. The first-order valence-electron chi connectivity index (χ1n) is 11.0. The molecule has 1 fully saturated rings. The van der Waals surface area contributed by atoms with E-state index in [4.69, 9.17) is 19.9 Å². The van der Waals surface area contributed by atoms with Gasteiger partial charge in [-0.2, -0.15) is 0 Å². The molecule has 1 aliphatic heterocycles. The van der Waals surface area contributed by atoms with Crippen LogP contribution >= 0.6 is 15.9 Å². The Kier molecular flexibility index (Phi) is 5.64. The van der Waals surface area contributed by atoms with Gasteiger partial charge in [0.05, 0.1) is 25.8 Å². The number of rotatable bonds is 5. The lowest BCUT2D eigenvalue weighted by atomic mass is 9.71. The number of benzene rings is 3. The highest BCUT2D eigenvalue weighted by Crippen LogP contribution is 2.68. The molecule has 2 aliphatic rings. The fourth-order valence-electron chi connectivity index (χ4n) is 5.69. The van der Waals surface area contributed by atoms with Gasteiger partial charge < -0.3 is 30.4 Å². The van der Waals surface area contributed by atoms with Crippen molar-refractivity contribution in [1.29, 1.82) is 0 Å². The van der Waals surface area contributed by atoms with E-state index in [2.05, 4.69) is 21.2 Å². The Labute approximate surface area is 210 Å². The van der Waals surface area contributed by atoms with Crippen LogP contribution in [0.5, 0.6) is 17.2 Å². The number of fused-ring (bicyclic) bond motifs is 3. The number of hydrogen-bond donors (Lipinski definition) is 3. The second-order valence-corrected chi connectivity index (χ2v) is 9.63. The Morgan fingerprint density at radius 1 is 1.17 bits per heavy atom. The van der Waals surface area contributed by atoms with Gasteiger partial charge >= 0.3 is 6.03 Å². The van der Waals surface area contributed by atoms with Crippen LogP contribution in [-0.2, 0) is 11.2 Å². The molecule has 0 spiro atoms. The first-order chi connectivity index (χ1) is 16.7. The van der Waals surface area contributed by atoms with Gasteiger partial charge in [-0.15, -0.1) is 0 Å². The number of ether oxygens (including phenoxy) is 3. The van der Waals surface area contributed by atoms with Crippen molar-refractivity contribution < 1.29 is 28.5 Å². The van der Waals surface area contributed by atoms with Crippen LogP contribution in [0.4, 0.5) is 9.18 Å². The minimum absolute atomic E-state index is 0.230. The zero-order valence-corrected chi connectivity index (χ0v) is 20.6. The molecule has 0 radical (unpaired) electrons. The molecule has 1 saturated carbocycles. The molecule has 9 heteroatoms. The van der Waals surface area contributed by atoms with Crippen LogP contribution in [0.3, 0.4) is 0 Å². The van der Waals surface area contributed by atoms with Crippen LogP contribution in [0.25, 0.3) is 0 Å². The number of amides is 2. The Hall–Kier alpha value is -3.30. The molecule has 4 N–H and O–H groups in total. The first kappa shape index (κ1) is 23.4. The van der Waals surface area contributed by atoms with Gasteiger partial charge in [-0.05, 0) is 41.8 Å². The fourth-order valence-corrected chi connectivity index (χ4v) is 5.95. The lowest BCUT2D eigenvalue weighted by molar-refractivity contribution is -0.116. The summed E-state index contributed by atoms with van der Waals surface area (Å²) in [7, 11) is 3.00. The van der Waals surface area contributed by atoms with E-state index < -0.39 is 35.0 Å². The molecule has 7 nitrogen and oxygen atoms in total. The summed E-state index contributed by atoms with van der Waals surface area (Å²) in [6.07, 6.45) is 0.230. The molecule has 1 heterocycles. The highest BCUT2D eigenvalue weighted by Gasteiger charge is 2.74. The summed E-state index contributed by atoms with van der Waals surface area (Å²) >= 11 is 3.46. The standard InChI is InChI=1S/C26H24BrFN2O5/c1-33-18-11-20(34-2)23-21(12-18)35-26(15-6-8-16(27)9-7-15)19(14-4-3-5-17(28)10-14)13-22(25(23,26)32)30-24(29)31/h3-12,19,22,32H,13H2,1-2H3,(H3,29,30,31)/t19-,22-,25+,26-/m0/s1. The van der Waals surface area contributed by atoms with Crippen LogP contribution in [0.2, 0.25) is 0 Å². The third kappa shape index (κ3) is 3.36. The quantitative estimate of drug-likeness (QED) is 0.446. The number of nitrogens with one attached hydrogen (secondary N) is 1. The van der Waals surface area contributed by atoms with Crippen molar-refractivity contribution in [2.75, 3.05) is 14.2 Å². The van der Waals surface area contributed by atoms with Gasteiger partial charge in [0.2, 0.25) is 0 Å². The predicted molar refractivity (Wildman–Crippen MR) is 130 cm³/mol. The van der Waals surface area contributed by atoms with Gasteiger partial charge in [0.1, 0.15) is 23.1 Å². The number of primary amides is 1. The van der Waals surface area contributed by atoms with E-state index in [9.17, 15) is 14.3 Å². The van der Waals surface area contributed by atoms with Crippen molar-refractivity contribution in [1.82, 2.24) is 5.32 Å². The minimum Gasteiger partial charge on any atom is -0.496 e. The molecule has 0 aromatic heterocycles. The van der Waals surface area contributed by atoms with Crippen LogP contribution in [0.15, 0.2) is 65.1 Å². The van der Waals surface area contributed by atoms with Crippen molar-refractivity contribution in [3.05, 3.63) is 87.6 Å². The average Bonchev–Trinajstić information content (AvgIpc) is 3.24. The lowest BCUT2D eigenvalue weighted by Gasteiger charge is -2.41. The van der Waals surface area contributed by atoms with Crippen LogP contribution in [-0.4, -0.2) is 31.4 Å². The number of carbonyl (C=O) groups excluding carboxylic acids is 1. The number of aliphatic hydroxyl groups is 1. The van der Waals surface area contributed by atoms with Gasteiger partial charge in [-0.1, -0.05) is 40.2 Å². The summed E-state index contributed by atoms with van der Waals surface area (Å²) in [6, 6.07) is 15.2. The lowest BCUT2D eigenvalue weighted by Crippen LogP contribution is -2.57. The van der Waals surface area contributed by atoms with Gasteiger partial charge in [0.15, 0.2) is 11.2 Å². The Morgan fingerprint density at radius 2 is 1.91 bits per heavy atom. The average molecular weight is 543 g/mol. The molecule has 1 aliphatic carbocycles. The SMILES string of the molecule is COc1cc(OC)c2c(c1)O[C@@]1(c3ccc(Br)cc3)[C@H](c3cccc(F)c3)C[C@H](NC(N)=O)[C@@]21O. The van der Waals surface area contributed by atoms with Crippen molar-refractivity contribution >= 4 is 22.0 Å². The number of nitrogens with two attached hydrogens (primary N) is 1. The maximum Gasteiger partial charge on any atom is 0.312 e. The third-order valence-electron chi connectivity index (χ3n) is 7.02. The molecular formula is C26H24BrFN2O5. The summed E-state index contributed by atoms with van der Waals surface area (Å²) in [5, 5.41) is 15.4. The number of methoxy groups -OCH3 is 2. The maximum atomic E-state index is 14.4. The van der Waals surface area contributed by atoms with Crippen LogP contribution in [0, 0.1) is 5.82 Å². The summed E-state index contributed by atoms with van der Waals surface area (Å²) in [4.78, 5) is 12.1. The summed E-state index contributed by atoms with van der Waals surface area (Å²) in [5.41, 5.74) is 3.89. The molecule has 2 amide bonds. The first-order valence-corrected chi connectivity index (χ1v) is 11.8. The number of hydrogen-bond acceptors (Lipinski definition) is 5. The van der Waals surface area contributed by atoms with Gasteiger partial charge in [-0.3, -0.25) is 0 Å². The van der Waals surface area contributed by atoms with E-state index in [-0.39, 0.29) is 6.42 Å². The second kappa shape index (κ2) is 8.42. The van der Waals surface area contributed by atoms with Crippen molar-refractivity contribution in [3.63, 3.8) is 0 Å². The van der Waals surface area contributed by atoms with Gasteiger partial charge in [0.25, 0.3) is 0 Å². The van der Waals surface area contributed by atoms with E-state index >= 15 is 0 Å². The summed E-state index contributed by atoms with van der Waals surface area (Å²) in [6.45, 7) is 0. The molecule has 4 atom stereocenters. The Morgan fingerprint density at radius 3 is 2.54 bits per heavy atom. The van der Waals surface area contributed by atoms with Crippen molar-refractivity contribution in [2.45, 2.75) is 29.6 Å². The van der Waals surface area contributed by atoms with E-state index in [1.807, 2.05) is 24.3 Å². The van der Waals surface area contributed by atoms with Gasteiger partial charge in [-0.25, -0.2) is 9.18 Å². The zero-order valence-electron chi connectivity index (χ0n) is 19.0. The molecule has 182 valence electrons. The Balaban J connectivity index is 1.85. The molecule has 3 aromatic carbocycles. The molecule has 0 saturated heterocycles. The smallest absolute Gasteiger partial charge is 0.312 e. The maximum absolute atomic E-state index is 14.4. The van der Waals surface area contributed by atoms with E-state index in [1.54, 1.807) is 24.3 Å². The third-order valence-corrected chi connectivity index (χ3v) is 7.55. The topological polar surface area (TPSA) is 103 Å². The van der Waals surface area contributed by atoms with Crippen molar-refractivity contribution in [2.24, 2.45) is 5.73 Å². The number of carbonyl (C=O) groups is 1. The zero-order chi connectivity index (χ0) is 25.0. The molecule has 35 heavy (non-hydrogen) atoms. The van der Waals surface area contributed by atoms with E-state index in [0.717, 1.165) is 4.47 Å². The molecule has 0 unspecified atom stereocenters. The largest absolute Gasteiger partial charge is 0.496 e. The summed E-state index contributed by atoms with van der Waals surface area (Å²) in [5.74, 6) is 0.153. The van der Waals surface area contributed by atoms with Gasteiger partial charge in [0, 0.05) is 22.5 Å². The Bertz CT molecular complexity index is 1300. The highest BCUT2D eigenvalue weighted by molar-refractivity contribution is 9.10. The highest BCUT2D eigenvalue weighted by atomic mass is 79.9. The molecule has 3 aromatic rings. The van der Waals surface area contributed by atoms with Crippen LogP contribution in [0.1, 0.15) is 29.0 Å². The molecule has 5 rings (SSSR count). The van der Waals surface area contributed by atoms with Crippen molar-refractivity contribution in [3.8, 4) is 17.2 Å². The summed E-state index contributed by atoms with van der Waals surface area (Å²) < 4.78 is 33.0. The van der Waals surface area contributed by atoms with E-state index in [1.165, 1.54) is 26.4 Å². The molecular weight excluding hydrogens is 519 g/mol. The fraction of sp³-hybridized carbons (Fsp3) is 0.269. The molecule has 0 bridgehead atoms. The predicted octanol–water partition coefficient (Wildman–Crippen LogP) is 4.31. The van der Waals surface area contributed by atoms with E-state index in [0.29, 0.717) is 33.9 Å². The normalized spacial score (nSPS) is 26.4. The van der Waals surface area contributed by atoms with Crippen LogP contribution < -0.4 is 25.3 Å². The number of halogens is 2. The minimum atomic E-state index is -1.82. The second-order valence-electron chi connectivity index (χ2n) is 8.72. The number of urea groups is 1.